The van der Waals surface area contributed by atoms with E-state index in [1.165, 1.54) is 16.8 Å². The lowest BCUT2D eigenvalue weighted by atomic mass is 10.1. The van der Waals surface area contributed by atoms with E-state index in [4.69, 9.17) is 12.2 Å². The number of hydrogen-bond acceptors (Lipinski definition) is 2. The van der Waals surface area contributed by atoms with Crippen molar-refractivity contribution in [2.24, 2.45) is 0 Å². The van der Waals surface area contributed by atoms with Crippen LogP contribution in [0.4, 0.5) is 0 Å². The number of carbonyl (C=O) groups is 1. The zero-order valence-corrected chi connectivity index (χ0v) is 16.1. The number of benzene rings is 1. The fourth-order valence-electron chi connectivity index (χ4n) is 3.38. The summed E-state index contributed by atoms with van der Waals surface area (Å²) in [5.41, 5.74) is 7.45. The molecule has 0 unspecified atom stereocenters. The van der Waals surface area contributed by atoms with Gasteiger partial charge in [0.05, 0.1) is 0 Å². The van der Waals surface area contributed by atoms with Crippen LogP contribution in [0.15, 0.2) is 30.0 Å². The van der Waals surface area contributed by atoms with Crippen LogP contribution in [0, 0.1) is 27.7 Å². The van der Waals surface area contributed by atoms with E-state index in [2.05, 4.69) is 61.8 Å². The van der Waals surface area contributed by atoms with Crippen molar-refractivity contribution < 1.29 is 4.79 Å². The van der Waals surface area contributed by atoms with Crippen molar-refractivity contribution in [3.63, 3.8) is 0 Å². The van der Waals surface area contributed by atoms with Crippen molar-refractivity contribution in [2.75, 3.05) is 6.54 Å². The van der Waals surface area contributed by atoms with Gasteiger partial charge in [-0.2, -0.15) is 0 Å². The van der Waals surface area contributed by atoms with E-state index in [0.717, 1.165) is 17.0 Å². The van der Waals surface area contributed by atoms with Crippen LogP contribution >= 0.6 is 12.2 Å². The molecule has 2 aromatic rings. The van der Waals surface area contributed by atoms with Gasteiger partial charge in [0.2, 0.25) is 0 Å². The average molecular weight is 353 g/mol. The molecule has 1 aliphatic rings. The first-order valence-corrected chi connectivity index (χ1v) is 8.85. The molecule has 1 aliphatic heterocycles. The van der Waals surface area contributed by atoms with Gasteiger partial charge >= 0.3 is 0 Å². The van der Waals surface area contributed by atoms with E-state index in [9.17, 15) is 4.79 Å². The smallest absolute Gasteiger partial charge is 0.276 e. The van der Waals surface area contributed by atoms with E-state index in [1.807, 2.05) is 13.0 Å². The Morgan fingerprint density at radius 3 is 2.48 bits per heavy atom. The van der Waals surface area contributed by atoms with Crippen LogP contribution in [0.25, 0.3) is 11.8 Å². The van der Waals surface area contributed by atoms with Crippen LogP contribution in [0.5, 0.6) is 0 Å². The molecule has 3 rings (SSSR count). The van der Waals surface area contributed by atoms with Crippen LogP contribution in [0.2, 0.25) is 0 Å². The number of rotatable bonds is 3. The van der Waals surface area contributed by atoms with Gasteiger partial charge in [-0.3, -0.25) is 9.69 Å². The Balaban J connectivity index is 2.05. The highest BCUT2D eigenvalue weighted by Gasteiger charge is 2.29. The molecule has 0 saturated carbocycles. The third-order valence-electron chi connectivity index (χ3n) is 4.64. The highest BCUT2D eigenvalue weighted by atomic mass is 32.1. The van der Waals surface area contributed by atoms with Gasteiger partial charge in [-0.05, 0) is 76.2 Å². The fraction of sp³-hybridized carbons (Fsp3) is 0.300. The number of amides is 1. The summed E-state index contributed by atoms with van der Waals surface area (Å²) in [5, 5.41) is 3.50. The van der Waals surface area contributed by atoms with E-state index in [0.29, 0.717) is 17.4 Å². The highest BCUT2D eigenvalue weighted by molar-refractivity contribution is 7.80. The lowest BCUT2D eigenvalue weighted by molar-refractivity contribution is -0.122. The summed E-state index contributed by atoms with van der Waals surface area (Å²) in [5.74, 6) is -0.0659. The van der Waals surface area contributed by atoms with Gasteiger partial charge in [-0.25, -0.2) is 0 Å². The molecule has 5 heteroatoms. The molecule has 0 aliphatic carbocycles. The fourth-order valence-corrected chi connectivity index (χ4v) is 3.70. The molecule has 0 atom stereocenters. The summed E-state index contributed by atoms with van der Waals surface area (Å²) in [6, 6.07) is 8.56. The number of thiocarbonyl (C=S) groups is 1. The Bertz CT molecular complexity index is 908. The van der Waals surface area contributed by atoms with Crippen molar-refractivity contribution in [3.05, 3.63) is 58.0 Å². The summed E-state index contributed by atoms with van der Waals surface area (Å²) < 4.78 is 2.23. The van der Waals surface area contributed by atoms with Crippen molar-refractivity contribution in [1.29, 1.82) is 0 Å². The van der Waals surface area contributed by atoms with Gasteiger partial charge in [0.25, 0.3) is 5.91 Å². The van der Waals surface area contributed by atoms with Crippen LogP contribution in [-0.2, 0) is 4.79 Å². The van der Waals surface area contributed by atoms with Crippen molar-refractivity contribution >= 4 is 29.3 Å². The molecular formula is C20H23N3OS. The number of hydrogen-bond donors (Lipinski definition) is 1. The minimum absolute atomic E-state index is 0.0659. The van der Waals surface area contributed by atoms with Crippen LogP contribution < -0.4 is 5.32 Å². The molecule has 1 saturated heterocycles. The van der Waals surface area contributed by atoms with Gasteiger partial charge in [0, 0.05) is 23.6 Å². The molecule has 0 radical (unpaired) electrons. The molecule has 0 bridgehead atoms. The van der Waals surface area contributed by atoms with Gasteiger partial charge in [-0.1, -0.05) is 17.7 Å². The minimum Gasteiger partial charge on any atom is -0.328 e. The second-order valence-corrected chi connectivity index (χ2v) is 6.88. The first kappa shape index (κ1) is 17.4. The Labute approximate surface area is 154 Å². The lowest BCUT2D eigenvalue weighted by Gasteiger charge is -2.13. The normalized spacial score (nSPS) is 16.0. The number of nitrogens with one attached hydrogen (secondary N) is 1. The quantitative estimate of drug-likeness (QED) is 0.674. The highest BCUT2D eigenvalue weighted by Crippen LogP contribution is 2.26. The minimum atomic E-state index is -0.0659. The maximum Gasteiger partial charge on any atom is 0.276 e. The first-order valence-electron chi connectivity index (χ1n) is 8.44. The van der Waals surface area contributed by atoms with Gasteiger partial charge < -0.3 is 9.88 Å². The second-order valence-electron chi connectivity index (χ2n) is 6.49. The molecule has 1 aromatic carbocycles. The molecule has 4 nitrogen and oxygen atoms in total. The molecule has 25 heavy (non-hydrogen) atoms. The molecule has 1 N–H and O–H groups in total. The van der Waals surface area contributed by atoms with Gasteiger partial charge in [0.15, 0.2) is 5.11 Å². The van der Waals surface area contributed by atoms with Crippen molar-refractivity contribution in [1.82, 2.24) is 14.8 Å². The third-order valence-corrected chi connectivity index (χ3v) is 4.96. The van der Waals surface area contributed by atoms with Gasteiger partial charge in [-0.15, -0.1) is 0 Å². The van der Waals surface area contributed by atoms with Gasteiger partial charge in [0.1, 0.15) is 5.70 Å². The predicted octanol–water partition coefficient (Wildman–Crippen LogP) is 3.79. The predicted molar refractivity (Wildman–Crippen MR) is 106 cm³/mol. The zero-order valence-electron chi connectivity index (χ0n) is 15.3. The van der Waals surface area contributed by atoms with Crippen LogP contribution in [0.1, 0.15) is 35.0 Å². The number of carbonyl (C=O) groups excluding carboxylic acids is 1. The van der Waals surface area contributed by atoms with E-state index in [1.54, 1.807) is 4.90 Å². The number of likely N-dealkylation sites (N-methyl/N-ethyl adjacent to an activating group) is 1. The first-order chi connectivity index (χ1) is 11.8. The van der Waals surface area contributed by atoms with Crippen LogP contribution in [0.3, 0.4) is 0 Å². The number of aromatic nitrogens is 1. The Hall–Kier alpha value is -2.40. The zero-order chi connectivity index (χ0) is 18.3. The van der Waals surface area contributed by atoms with E-state index < -0.39 is 0 Å². The van der Waals surface area contributed by atoms with Crippen molar-refractivity contribution in [3.8, 4) is 5.69 Å². The van der Waals surface area contributed by atoms with Crippen molar-refractivity contribution in [2.45, 2.75) is 34.6 Å². The maximum atomic E-state index is 12.4. The topological polar surface area (TPSA) is 37.3 Å². The molecule has 1 aromatic heterocycles. The van der Waals surface area contributed by atoms with Crippen LogP contribution in [-0.4, -0.2) is 27.0 Å². The summed E-state index contributed by atoms with van der Waals surface area (Å²) in [6.07, 6.45) is 1.90. The largest absolute Gasteiger partial charge is 0.328 e. The Morgan fingerprint density at radius 1 is 1.16 bits per heavy atom. The molecular weight excluding hydrogens is 330 g/mol. The standard InChI is InChI=1S/C20H23N3OS/c1-6-22-19(24)17(21-20(22)25)11-16-10-14(4)23(15(16)5)18-8-7-12(2)9-13(18)3/h7-11H,6H2,1-5H3,(H,21,25)/b17-11-. The van der Waals surface area contributed by atoms with E-state index >= 15 is 0 Å². The Kier molecular flexibility index (Phi) is 4.52. The summed E-state index contributed by atoms with van der Waals surface area (Å²) >= 11 is 5.23. The monoisotopic (exact) mass is 353 g/mol. The molecule has 2 heterocycles. The molecule has 1 fully saturated rings. The molecule has 130 valence electrons. The second kappa shape index (κ2) is 6.48. The third kappa shape index (κ3) is 3.00. The van der Waals surface area contributed by atoms with E-state index in [-0.39, 0.29) is 5.91 Å². The summed E-state index contributed by atoms with van der Waals surface area (Å²) in [7, 11) is 0. The number of nitrogens with zero attached hydrogens (tertiary/aromatic N) is 2. The molecule has 0 spiro atoms. The maximum absolute atomic E-state index is 12.4. The lowest BCUT2D eigenvalue weighted by Crippen LogP contribution is -2.30. The summed E-state index contributed by atoms with van der Waals surface area (Å²) in [6.45, 7) is 10.9. The average Bonchev–Trinajstić information content (AvgIpc) is 2.97. The SMILES string of the molecule is CCN1C(=O)/C(=C/c2cc(C)n(-c3ccc(C)cc3C)c2C)NC1=S. The summed E-state index contributed by atoms with van der Waals surface area (Å²) in [4.78, 5) is 14.0. The molecule has 1 amide bonds. The Morgan fingerprint density at radius 2 is 1.88 bits per heavy atom. The number of aryl methyl sites for hydroxylation is 3.